The fourth-order valence-electron chi connectivity index (χ4n) is 1.40. The van der Waals surface area contributed by atoms with Gasteiger partial charge in [0.05, 0.1) is 0 Å². The van der Waals surface area contributed by atoms with Crippen molar-refractivity contribution in [2.45, 2.75) is 40.2 Å². The number of carbonyl (C=O) groups is 1. The summed E-state index contributed by atoms with van der Waals surface area (Å²) in [6.45, 7) is 9.97. The molecule has 6 heteroatoms. The van der Waals surface area contributed by atoms with Gasteiger partial charge < -0.3 is 15.7 Å². The molecule has 6 nitrogen and oxygen atoms in total. The molecule has 0 aliphatic carbocycles. The molecule has 0 bridgehead atoms. The van der Waals surface area contributed by atoms with E-state index in [0.717, 1.165) is 6.54 Å². The van der Waals surface area contributed by atoms with Crippen molar-refractivity contribution >= 4 is 17.6 Å². The first-order valence-electron chi connectivity index (χ1n) is 6.32. The molecule has 0 saturated heterocycles. The predicted molar refractivity (Wildman–Crippen MR) is 75.4 cm³/mol. The molecule has 0 radical (unpaired) electrons. The molecule has 0 saturated carbocycles. The number of nitrogens with one attached hydrogen (secondary N) is 2. The number of aryl methyl sites for hydroxylation is 1. The van der Waals surface area contributed by atoms with E-state index in [-0.39, 0.29) is 0 Å². The summed E-state index contributed by atoms with van der Waals surface area (Å²) in [5.74, 6) is 1.37. The lowest BCUT2D eigenvalue weighted by Crippen LogP contribution is -2.40. The van der Waals surface area contributed by atoms with Gasteiger partial charge in [-0.2, -0.15) is 0 Å². The number of rotatable bonds is 6. The van der Waals surface area contributed by atoms with Crippen molar-refractivity contribution in [2.75, 3.05) is 17.2 Å². The van der Waals surface area contributed by atoms with E-state index in [1.54, 1.807) is 26.8 Å². The Balaban J connectivity index is 2.87. The summed E-state index contributed by atoms with van der Waals surface area (Å²) in [4.78, 5) is 19.6. The van der Waals surface area contributed by atoms with Gasteiger partial charge in [-0.1, -0.05) is 13.8 Å². The Morgan fingerprint density at radius 1 is 1.37 bits per heavy atom. The lowest BCUT2D eigenvalue weighted by atomic mass is 10.1. The highest BCUT2D eigenvalue weighted by molar-refractivity contribution is 5.81. The molecule has 1 rings (SSSR count). The maximum atomic E-state index is 11.1. The summed E-state index contributed by atoms with van der Waals surface area (Å²) >= 11 is 0. The fraction of sp³-hybridized carbons (Fsp3) is 0.615. The molecular weight excluding hydrogens is 244 g/mol. The molecule has 1 heterocycles. The van der Waals surface area contributed by atoms with Gasteiger partial charge in [-0.05, 0) is 26.7 Å². The van der Waals surface area contributed by atoms with Crippen LogP contribution in [0.15, 0.2) is 6.07 Å². The van der Waals surface area contributed by atoms with Crippen molar-refractivity contribution in [3.63, 3.8) is 0 Å². The van der Waals surface area contributed by atoms with Crippen LogP contribution in [-0.2, 0) is 4.79 Å². The highest BCUT2D eigenvalue weighted by Gasteiger charge is 2.27. The summed E-state index contributed by atoms with van der Waals surface area (Å²) in [6.07, 6.45) is 0. The standard InChI is InChI=1S/C13H22N4O2/c1-8(2)7-14-10-6-11(16-9(3)15-10)17-13(4,5)12(18)19/h6,8H,7H2,1-5H3,(H,18,19)(H2,14,15,16,17). The minimum Gasteiger partial charge on any atom is -0.480 e. The molecule has 0 aromatic carbocycles. The zero-order chi connectivity index (χ0) is 14.6. The lowest BCUT2D eigenvalue weighted by Gasteiger charge is -2.22. The third-order valence-electron chi connectivity index (χ3n) is 2.50. The van der Waals surface area contributed by atoms with Crippen LogP contribution in [0.5, 0.6) is 0 Å². The first-order valence-corrected chi connectivity index (χ1v) is 6.32. The summed E-state index contributed by atoms with van der Waals surface area (Å²) in [5.41, 5.74) is -1.07. The van der Waals surface area contributed by atoms with Gasteiger partial charge >= 0.3 is 5.97 Å². The maximum absolute atomic E-state index is 11.1. The minimum atomic E-state index is -1.07. The van der Waals surface area contributed by atoms with Crippen LogP contribution < -0.4 is 10.6 Å². The summed E-state index contributed by atoms with van der Waals surface area (Å²) < 4.78 is 0. The Labute approximate surface area is 113 Å². The van der Waals surface area contributed by atoms with Crippen molar-refractivity contribution in [2.24, 2.45) is 5.92 Å². The van der Waals surface area contributed by atoms with E-state index in [2.05, 4.69) is 34.4 Å². The Hall–Kier alpha value is -1.85. The highest BCUT2D eigenvalue weighted by Crippen LogP contribution is 2.16. The molecule has 1 aromatic heterocycles. The zero-order valence-electron chi connectivity index (χ0n) is 12.1. The van der Waals surface area contributed by atoms with Gasteiger partial charge in [0, 0.05) is 12.6 Å². The second-order valence-corrected chi connectivity index (χ2v) is 5.52. The fourth-order valence-corrected chi connectivity index (χ4v) is 1.40. The van der Waals surface area contributed by atoms with Crippen molar-refractivity contribution in [1.29, 1.82) is 0 Å². The smallest absolute Gasteiger partial charge is 0.328 e. The molecule has 0 aliphatic heterocycles. The van der Waals surface area contributed by atoms with Gasteiger partial charge in [0.25, 0.3) is 0 Å². The molecule has 3 N–H and O–H groups in total. The van der Waals surface area contributed by atoms with Crippen LogP contribution >= 0.6 is 0 Å². The minimum absolute atomic E-state index is 0.502. The molecule has 0 amide bonds. The third kappa shape index (κ3) is 4.73. The third-order valence-corrected chi connectivity index (χ3v) is 2.50. The molecule has 0 fully saturated rings. The summed E-state index contributed by atoms with van der Waals surface area (Å²) in [5, 5.41) is 15.2. The van der Waals surface area contributed by atoms with E-state index in [4.69, 9.17) is 5.11 Å². The Morgan fingerprint density at radius 3 is 2.47 bits per heavy atom. The summed E-state index contributed by atoms with van der Waals surface area (Å²) in [7, 11) is 0. The van der Waals surface area contributed by atoms with Crippen LogP contribution in [0, 0.1) is 12.8 Å². The van der Waals surface area contributed by atoms with Crippen LogP contribution in [0.3, 0.4) is 0 Å². The number of hydrogen-bond donors (Lipinski definition) is 3. The van der Waals surface area contributed by atoms with E-state index in [1.165, 1.54) is 0 Å². The normalized spacial score (nSPS) is 11.5. The SMILES string of the molecule is Cc1nc(NCC(C)C)cc(NC(C)(C)C(=O)O)n1. The molecule has 0 atom stereocenters. The van der Waals surface area contributed by atoms with Gasteiger partial charge in [-0.3, -0.25) is 0 Å². The molecule has 106 valence electrons. The van der Waals surface area contributed by atoms with Crippen LogP contribution in [0.4, 0.5) is 11.6 Å². The number of aromatic nitrogens is 2. The van der Waals surface area contributed by atoms with E-state index in [1.807, 2.05) is 0 Å². The molecule has 0 aliphatic rings. The number of nitrogens with zero attached hydrogens (tertiary/aromatic N) is 2. The van der Waals surface area contributed by atoms with Gasteiger partial charge in [0.15, 0.2) is 0 Å². The lowest BCUT2D eigenvalue weighted by molar-refractivity contribution is -0.141. The number of hydrogen-bond acceptors (Lipinski definition) is 5. The average molecular weight is 266 g/mol. The Morgan fingerprint density at radius 2 is 1.95 bits per heavy atom. The van der Waals surface area contributed by atoms with Crippen LogP contribution in [0.1, 0.15) is 33.5 Å². The predicted octanol–water partition coefficient (Wildman–Crippen LogP) is 2.13. The molecule has 1 aromatic rings. The van der Waals surface area contributed by atoms with Crippen molar-refractivity contribution in [3.8, 4) is 0 Å². The molecule has 19 heavy (non-hydrogen) atoms. The van der Waals surface area contributed by atoms with Gasteiger partial charge in [-0.25, -0.2) is 14.8 Å². The van der Waals surface area contributed by atoms with Crippen LogP contribution in [0.25, 0.3) is 0 Å². The second-order valence-electron chi connectivity index (χ2n) is 5.52. The van der Waals surface area contributed by atoms with Crippen molar-refractivity contribution < 1.29 is 9.90 Å². The van der Waals surface area contributed by atoms with E-state index < -0.39 is 11.5 Å². The number of aliphatic carboxylic acids is 1. The second kappa shape index (κ2) is 5.86. The van der Waals surface area contributed by atoms with E-state index in [9.17, 15) is 4.79 Å². The zero-order valence-corrected chi connectivity index (χ0v) is 12.1. The Kier molecular flexibility index (Phi) is 4.69. The van der Waals surface area contributed by atoms with Crippen LogP contribution in [0.2, 0.25) is 0 Å². The number of anilines is 2. The molecule has 0 spiro atoms. The number of carboxylic acids is 1. The van der Waals surface area contributed by atoms with Crippen molar-refractivity contribution in [3.05, 3.63) is 11.9 Å². The Bertz CT molecular complexity index is 458. The number of carboxylic acid groups (broad SMARTS) is 1. The quantitative estimate of drug-likeness (QED) is 0.731. The van der Waals surface area contributed by atoms with E-state index >= 15 is 0 Å². The van der Waals surface area contributed by atoms with Gasteiger partial charge in [0.2, 0.25) is 0 Å². The molecular formula is C13H22N4O2. The first kappa shape index (κ1) is 15.2. The first-order chi connectivity index (χ1) is 8.70. The topological polar surface area (TPSA) is 87.1 Å². The van der Waals surface area contributed by atoms with E-state index in [0.29, 0.717) is 23.4 Å². The van der Waals surface area contributed by atoms with Gasteiger partial charge in [0.1, 0.15) is 23.0 Å². The largest absolute Gasteiger partial charge is 0.480 e. The van der Waals surface area contributed by atoms with Crippen molar-refractivity contribution in [1.82, 2.24) is 9.97 Å². The van der Waals surface area contributed by atoms with Gasteiger partial charge in [-0.15, -0.1) is 0 Å². The molecule has 0 unspecified atom stereocenters. The monoisotopic (exact) mass is 266 g/mol. The maximum Gasteiger partial charge on any atom is 0.328 e. The average Bonchev–Trinajstić information content (AvgIpc) is 2.24. The highest BCUT2D eigenvalue weighted by atomic mass is 16.4. The summed E-state index contributed by atoms with van der Waals surface area (Å²) in [6, 6.07) is 1.72. The van der Waals surface area contributed by atoms with Crippen LogP contribution in [-0.4, -0.2) is 33.1 Å².